The van der Waals surface area contributed by atoms with Gasteiger partial charge in [0.1, 0.15) is 4.88 Å². The lowest BCUT2D eigenvalue weighted by Gasteiger charge is -2.45. The molecule has 1 saturated heterocycles. The van der Waals surface area contributed by atoms with Crippen LogP contribution in [0.3, 0.4) is 0 Å². The Hall–Kier alpha value is -1.05. The maximum absolute atomic E-state index is 12.3. The minimum absolute atomic E-state index is 0.000157. The van der Waals surface area contributed by atoms with E-state index in [-0.39, 0.29) is 30.0 Å². The van der Waals surface area contributed by atoms with E-state index in [0.717, 1.165) is 30.3 Å². The predicted molar refractivity (Wildman–Crippen MR) is 71.1 cm³/mol. The maximum Gasteiger partial charge on any atom is 0.265 e. The van der Waals surface area contributed by atoms with Gasteiger partial charge in [0.2, 0.25) is 0 Å². The highest BCUT2D eigenvalue weighted by atomic mass is 32.1. The molecule has 2 heterocycles. The summed E-state index contributed by atoms with van der Waals surface area (Å²) in [5.41, 5.74) is 6.83. The molecule has 1 aliphatic carbocycles. The van der Waals surface area contributed by atoms with Crippen LogP contribution in [0.1, 0.15) is 41.6 Å². The zero-order chi connectivity index (χ0) is 13.6. The van der Waals surface area contributed by atoms with Gasteiger partial charge in [0.05, 0.1) is 17.8 Å². The first-order chi connectivity index (χ1) is 9.09. The third-order valence-electron chi connectivity index (χ3n) is 4.01. The van der Waals surface area contributed by atoms with E-state index < -0.39 is 0 Å². The van der Waals surface area contributed by atoms with E-state index in [9.17, 15) is 4.79 Å². The Balaban J connectivity index is 1.70. The quantitative estimate of drug-likeness (QED) is 0.843. The van der Waals surface area contributed by atoms with Crippen LogP contribution in [0.2, 0.25) is 0 Å². The largest absolute Gasteiger partial charge is 0.376 e. The number of fused-ring (bicyclic) bond motifs is 1. The molecule has 2 aliphatic rings. The molecule has 7 heteroatoms. The average Bonchev–Trinajstić information content (AvgIpc) is 3.02. The van der Waals surface area contributed by atoms with Gasteiger partial charge >= 0.3 is 0 Å². The van der Waals surface area contributed by atoms with Crippen molar-refractivity contribution in [3.63, 3.8) is 0 Å². The lowest BCUT2D eigenvalue weighted by Crippen LogP contribution is -2.68. The number of aromatic nitrogens is 2. The number of nitrogens with two attached hydrogens (primary N) is 1. The molecule has 1 aromatic rings. The zero-order valence-electron chi connectivity index (χ0n) is 11.0. The molecular formula is C12H18N4O2S. The molecular weight excluding hydrogens is 264 g/mol. The highest BCUT2D eigenvalue weighted by Gasteiger charge is 2.52. The second kappa shape index (κ2) is 4.81. The van der Waals surface area contributed by atoms with E-state index in [1.54, 1.807) is 0 Å². The summed E-state index contributed by atoms with van der Waals surface area (Å²) in [5, 5.41) is 7.00. The van der Waals surface area contributed by atoms with Crippen LogP contribution < -0.4 is 11.1 Å². The number of carbonyl (C=O) groups is 1. The van der Waals surface area contributed by atoms with Gasteiger partial charge in [-0.2, -0.15) is 0 Å². The topological polar surface area (TPSA) is 90.1 Å². The van der Waals surface area contributed by atoms with Gasteiger partial charge in [-0.05, 0) is 23.9 Å². The van der Waals surface area contributed by atoms with Crippen molar-refractivity contribution in [1.82, 2.24) is 14.9 Å². The van der Waals surface area contributed by atoms with Crippen molar-refractivity contribution >= 4 is 17.4 Å². The molecule has 1 aromatic heterocycles. The Morgan fingerprint density at radius 1 is 1.58 bits per heavy atom. The molecule has 0 aromatic carbocycles. The van der Waals surface area contributed by atoms with Crippen molar-refractivity contribution in [2.45, 2.75) is 44.4 Å². The monoisotopic (exact) mass is 282 g/mol. The first-order valence-electron chi connectivity index (χ1n) is 6.60. The van der Waals surface area contributed by atoms with Gasteiger partial charge in [-0.3, -0.25) is 4.79 Å². The van der Waals surface area contributed by atoms with Gasteiger partial charge < -0.3 is 15.8 Å². The predicted octanol–water partition coefficient (Wildman–Crippen LogP) is 0.506. The minimum Gasteiger partial charge on any atom is -0.376 e. The third-order valence-corrected chi connectivity index (χ3v) is 4.75. The molecule has 1 aliphatic heterocycles. The molecule has 3 rings (SSSR count). The van der Waals surface area contributed by atoms with Crippen molar-refractivity contribution in [2.75, 3.05) is 6.61 Å². The van der Waals surface area contributed by atoms with Crippen molar-refractivity contribution in [3.8, 4) is 0 Å². The van der Waals surface area contributed by atoms with Crippen LogP contribution in [0.5, 0.6) is 0 Å². The summed E-state index contributed by atoms with van der Waals surface area (Å²) in [4.78, 5) is 12.9. The standard InChI is InChI=1S/C12H18N4O2S/c1-5(2)8-11(19-16-15-8)12(17)14-9-7(13)6-3-4-18-10(6)9/h5-7,9-10H,3-4,13H2,1-2H3,(H,14,17). The van der Waals surface area contributed by atoms with Gasteiger partial charge in [-0.15, -0.1) is 5.10 Å². The summed E-state index contributed by atoms with van der Waals surface area (Å²) in [7, 11) is 0. The molecule has 2 fully saturated rings. The van der Waals surface area contributed by atoms with Crippen LogP contribution >= 0.6 is 11.5 Å². The summed E-state index contributed by atoms with van der Waals surface area (Å²) in [6.45, 7) is 4.74. The number of rotatable bonds is 3. The summed E-state index contributed by atoms with van der Waals surface area (Å²) < 4.78 is 9.48. The van der Waals surface area contributed by atoms with Crippen molar-refractivity contribution in [3.05, 3.63) is 10.6 Å². The molecule has 104 valence electrons. The van der Waals surface area contributed by atoms with E-state index >= 15 is 0 Å². The fourth-order valence-corrected chi connectivity index (χ4v) is 3.60. The molecule has 4 atom stereocenters. The molecule has 1 saturated carbocycles. The van der Waals surface area contributed by atoms with Gasteiger partial charge in [0.25, 0.3) is 5.91 Å². The van der Waals surface area contributed by atoms with E-state index in [2.05, 4.69) is 14.9 Å². The lowest BCUT2D eigenvalue weighted by atomic mass is 9.72. The smallest absolute Gasteiger partial charge is 0.265 e. The fraction of sp³-hybridized carbons (Fsp3) is 0.750. The maximum atomic E-state index is 12.3. The second-order valence-corrected chi connectivity index (χ2v) is 6.26. The number of hydrogen-bond acceptors (Lipinski definition) is 6. The highest BCUT2D eigenvalue weighted by molar-refractivity contribution is 7.08. The first-order valence-corrected chi connectivity index (χ1v) is 7.37. The van der Waals surface area contributed by atoms with E-state index in [4.69, 9.17) is 10.5 Å². The van der Waals surface area contributed by atoms with Crippen LogP contribution in [-0.2, 0) is 4.74 Å². The van der Waals surface area contributed by atoms with Gasteiger partial charge in [-0.1, -0.05) is 18.3 Å². The summed E-state index contributed by atoms with van der Waals surface area (Å²) >= 11 is 1.13. The number of nitrogens with zero attached hydrogens (tertiary/aromatic N) is 2. The summed E-state index contributed by atoms with van der Waals surface area (Å²) in [5.74, 6) is 0.451. The van der Waals surface area contributed by atoms with Gasteiger partial charge in [0, 0.05) is 18.6 Å². The Bertz CT molecular complexity index is 490. The van der Waals surface area contributed by atoms with Crippen LogP contribution in [0.4, 0.5) is 0 Å². The van der Waals surface area contributed by atoms with Crippen molar-refractivity contribution < 1.29 is 9.53 Å². The first kappa shape index (κ1) is 13.0. The Morgan fingerprint density at radius 2 is 2.37 bits per heavy atom. The zero-order valence-corrected chi connectivity index (χ0v) is 11.8. The number of amides is 1. The second-order valence-electron chi connectivity index (χ2n) is 5.51. The molecule has 0 spiro atoms. The summed E-state index contributed by atoms with van der Waals surface area (Å²) in [6.07, 6.45) is 1.08. The molecule has 1 amide bonds. The van der Waals surface area contributed by atoms with E-state index in [0.29, 0.717) is 10.8 Å². The molecule has 3 N–H and O–H groups in total. The molecule has 0 bridgehead atoms. The van der Waals surface area contributed by atoms with Crippen LogP contribution in [0.15, 0.2) is 0 Å². The average molecular weight is 282 g/mol. The molecule has 19 heavy (non-hydrogen) atoms. The Kier molecular flexibility index (Phi) is 3.28. The van der Waals surface area contributed by atoms with Crippen molar-refractivity contribution in [1.29, 1.82) is 0 Å². The molecule has 6 nitrogen and oxygen atoms in total. The normalized spacial score (nSPS) is 33.1. The third kappa shape index (κ3) is 2.05. The summed E-state index contributed by atoms with van der Waals surface area (Å²) in [6, 6.07) is -0.0815. The van der Waals surface area contributed by atoms with E-state index in [1.807, 2.05) is 13.8 Å². The lowest BCUT2D eigenvalue weighted by molar-refractivity contribution is -0.0160. The number of hydrogen-bond donors (Lipinski definition) is 2. The van der Waals surface area contributed by atoms with Crippen molar-refractivity contribution in [2.24, 2.45) is 11.7 Å². The SMILES string of the molecule is CC(C)c1nnsc1C(=O)NC1C(N)C2CCOC21. The number of ether oxygens (including phenoxy) is 1. The molecule has 4 unspecified atom stereocenters. The minimum atomic E-state index is -0.131. The highest BCUT2D eigenvalue weighted by Crippen LogP contribution is 2.38. The Labute approximate surface area is 115 Å². The van der Waals surface area contributed by atoms with Gasteiger partial charge in [-0.25, -0.2) is 0 Å². The van der Waals surface area contributed by atoms with Crippen LogP contribution in [0, 0.1) is 5.92 Å². The Morgan fingerprint density at radius 3 is 3.11 bits per heavy atom. The van der Waals surface area contributed by atoms with Gasteiger partial charge in [0.15, 0.2) is 0 Å². The fourth-order valence-electron chi connectivity index (χ4n) is 2.88. The van der Waals surface area contributed by atoms with E-state index in [1.165, 1.54) is 0 Å². The van der Waals surface area contributed by atoms with Crippen LogP contribution in [0.25, 0.3) is 0 Å². The number of nitrogens with one attached hydrogen (secondary N) is 1. The molecule has 0 radical (unpaired) electrons. The van der Waals surface area contributed by atoms with Crippen LogP contribution in [-0.4, -0.2) is 40.3 Å². The number of carbonyl (C=O) groups excluding carboxylic acids is 1.